The van der Waals surface area contributed by atoms with Gasteiger partial charge in [0.05, 0.1) is 0 Å². The van der Waals surface area contributed by atoms with Crippen LogP contribution in [0.25, 0.3) is 0 Å². The molecule has 26 heavy (non-hydrogen) atoms. The van der Waals surface area contributed by atoms with Gasteiger partial charge in [0, 0.05) is 6.04 Å². The fourth-order valence-corrected chi connectivity index (χ4v) is 3.89. The van der Waals surface area contributed by atoms with Crippen molar-refractivity contribution in [3.05, 3.63) is 59.5 Å². The van der Waals surface area contributed by atoms with Gasteiger partial charge in [-0.05, 0) is 38.5 Å². The van der Waals surface area contributed by atoms with Gasteiger partial charge >= 0.3 is 0 Å². The Balaban J connectivity index is 1.72. The number of nitrogens with zero attached hydrogens (tertiary/aromatic N) is 3. The van der Waals surface area contributed by atoms with Crippen LogP contribution < -0.4 is 10.0 Å². The molecule has 0 saturated carbocycles. The molecule has 0 fully saturated rings. The van der Waals surface area contributed by atoms with Crippen LogP contribution >= 0.6 is 0 Å². The number of benzene rings is 1. The first kappa shape index (κ1) is 17.9. The summed E-state index contributed by atoms with van der Waals surface area (Å²) in [6.07, 6.45) is 0. The van der Waals surface area contributed by atoms with E-state index in [9.17, 15) is 8.42 Å². The fraction of sp³-hybridized carbons (Fsp3) is 0.235. The molecule has 0 amide bonds. The minimum atomic E-state index is -3.84. The maximum absolute atomic E-state index is 12.5. The highest BCUT2D eigenvalue weighted by Crippen LogP contribution is 2.22. The number of sulfonamides is 1. The van der Waals surface area contributed by atoms with Gasteiger partial charge in [-0.1, -0.05) is 35.5 Å². The zero-order valence-electron chi connectivity index (χ0n) is 14.6. The van der Waals surface area contributed by atoms with Crippen molar-refractivity contribution >= 4 is 21.7 Å². The summed E-state index contributed by atoms with van der Waals surface area (Å²) in [5.41, 5.74) is 1.40. The van der Waals surface area contributed by atoms with Gasteiger partial charge < -0.3 is 9.84 Å². The summed E-state index contributed by atoms with van der Waals surface area (Å²) >= 11 is 0. The van der Waals surface area contributed by atoms with Crippen molar-refractivity contribution in [1.82, 2.24) is 15.4 Å². The molecule has 1 atom stereocenters. The molecule has 0 radical (unpaired) electrons. The Kier molecular flexibility index (Phi) is 4.90. The highest BCUT2D eigenvalue weighted by Gasteiger charge is 2.24. The van der Waals surface area contributed by atoms with E-state index in [-0.39, 0.29) is 28.2 Å². The van der Waals surface area contributed by atoms with E-state index in [4.69, 9.17) is 4.52 Å². The average molecular weight is 373 g/mol. The summed E-state index contributed by atoms with van der Waals surface area (Å²) in [5, 5.41) is 14.8. The molecule has 3 aromatic rings. The lowest BCUT2D eigenvalue weighted by atomic mass is 10.1. The van der Waals surface area contributed by atoms with Gasteiger partial charge in [-0.15, -0.1) is 10.2 Å². The maximum atomic E-state index is 12.5. The molecule has 0 aliphatic carbocycles. The number of anilines is 2. The minimum Gasteiger partial charge on any atom is -0.362 e. The molecule has 9 heteroatoms. The molecule has 2 N–H and O–H groups in total. The number of rotatable bonds is 6. The average Bonchev–Trinajstić information content (AvgIpc) is 2.96. The lowest BCUT2D eigenvalue weighted by molar-refractivity contribution is 0.390. The molecular formula is C17H19N5O3S. The summed E-state index contributed by atoms with van der Waals surface area (Å²) in [6.45, 7) is 5.11. The van der Waals surface area contributed by atoms with Crippen LogP contribution in [-0.4, -0.2) is 23.8 Å². The smallest absolute Gasteiger partial charge is 0.268 e. The van der Waals surface area contributed by atoms with Crippen LogP contribution in [0, 0.1) is 13.8 Å². The molecule has 0 saturated heterocycles. The van der Waals surface area contributed by atoms with E-state index >= 15 is 0 Å². The summed E-state index contributed by atoms with van der Waals surface area (Å²) in [5.74, 6) is 0.877. The lowest BCUT2D eigenvalue weighted by Crippen LogP contribution is -2.16. The quantitative estimate of drug-likeness (QED) is 0.683. The second-order valence-electron chi connectivity index (χ2n) is 5.84. The van der Waals surface area contributed by atoms with Gasteiger partial charge in [0.1, 0.15) is 11.5 Å². The van der Waals surface area contributed by atoms with Crippen LogP contribution in [0.2, 0.25) is 0 Å². The first-order valence-corrected chi connectivity index (χ1v) is 9.46. The fourth-order valence-electron chi connectivity index (χ4n) is 2.56. The Morgan fingerprint density at radius 2 is 1.65 bits per heavy atom. The summed E-state index contributed by atoms with van der Waals surface area (Å²) in [4.78, 5) is 0.0131. The van der Waals surface area contributed by atoms with Gasteiger partial charge in [0.2, 0.25) is 0 Å². The molecule has 1 unspecified atom stereocenters. The van der Waals surface area contributed by atoms with E-state index in [1.807, 2.05) is 37.3 Å². The van der Waals surface area contributed by atoms with Crippen molar-refractivity contribution in [2.24, 2.45) is 0 Å². The Morgan fingerprint density at radius 3 is 2.23 bits per heavy atom. The Hall–Kier alpha value is -2.94. The van der Waals surface area contributed by atoms with Gasteiger partial charge in [-0.25, -0.2) is 8.42 Å². The monoisotopic (exact) mass is 373 g/mol. The molecule has 0 aliphatic rings. The second kappa shape index (κ2) is 7.12. The van der Waals surface area contributed by atoms with Gasteiger partial charge in [-0.3, -0.25) is 4.72 Å². The van der Waals surface area contributed by atoms with E-state index in [2.05, 4.69) is 25.4 Å². The normalized spacial score (nSPS) is 12.6. The third kappa shape index (κ3) is 3.83. The number of hydrogen-bond donors (Lipinski definition) is 2. The Bertz CT molecular complexity index is 965. The van der Waals surface area contributed by atoms with Crippen LogP contribution in [0.4, 0.5) is 11.6 Å². The third-order valence-corrected chi connectivity index (χ3v) is 5.40. The van der Waals surface area contributed by atoms with Crippen molar-refractivity contribution in [3.63, 3.8) is 0 Å². The maximum Gasteiger partial charge on any atom is 0.268 e. The number of nitrogens with one attached hydrogen (secondary N) is 2. The molecule has 2 heterocycles. The van der Waals surface area contributed by atoms with Crippen molar-refractivity contribution in [3.8, 4) is 0 Å². The molecular weight excluding hydrogens is 354 g/mol. The van der Waals surface area contributed by atoms with E-state index in [1.54, 1.807) is 19.1 Å². The topological polar surface area (TPSA) is 110 Å². The van der Waals surface area contributed by atoms with Crippen molar-refractivity contribution in [2.75, 3.05) is 10.0 Å². The molecule has 136 valence electrons. The van der Waals surface area contributed by atoms with Crippen molar-refractivity contribution < 1.29 is 12.9 Å². The van der Waals surface area contributed by atoms with E-state index in [0.29, 0.717) is 5.82 Å². The summed E-state index contributed by atoms with van der Waals surface area (Å²) in [7, 11) is -3.84. The van der Waals surface area contributed by atoms with Crippen LogP contribution in [-0.2, 0) is 10.0 Å². The van der Waals surface area contributed by atoms with Crippen LogP contribution in [0.3, 0.4) is 0 Å². The second-order valence-corrected chi connectivity index (χ2v) is 7.46. The van der Waals surface area contributed by atoms with Gasteiger partial charge in [0.15, 0.2) is 16.5 Å². The van der Waals surface area contributed by atoms with E-state index < -0.39 is 10.0 Å². The van der Waals surface area contributed by atoms with Gasteiger partial charge in [0.25, 0.3) is 10.0 Å². The molecule has 3 rings (SSSR count). The number of aryl methyl sites for hydroxylation is 2. The van der Waals surface area contributed by atoms with Crippen LogP contribution in [0.5, 0.6) is 0 Å². The Morgan fingerprint density at radius 1 is 1.00 bits per heavy atom. The minimum absolute atomic E-state index is 0.0131. The van der Waals surface area contributed by atoms with Crippen molar-refractivity contribution in [1.29, 1.82) is 0 Å². The van der Waals surface area contributed by atoms with Crippen LogP contribution in [0.1, 0.15) is 30.0 Å². The molecule has 1 aromatic carbocycles. The molecule has 0 bridgehead atoms. The third-order valence-electron chi connectivity index (χ3n) is 3.80. The highest BCUT2D eigenvalue weighted by molar-refractivity contribution is 7.92. The zero-order chi connectivity index (χ0) is 18.7. The molecule has 8 nitrogen and oxygen atoms in total. The van der Waals surface area contributed by atoms with Gasteiger partial charge in [-0.2, -0.15) is 0 Å². The predicted molar refractivity (Wildman–Crippen MR) is 97.3 cm³/mol. The number of hydrogen-bond acceptors (Lipinski definition) is 7. The molecule has 2 aromatic heterocycles. The zero-order valence-corrected chi connectivity index (χ0v) is 15.4. The summed E-state index contributed by atoms with van der Waals surface area (Å²) in [6, 6.07) is 13.2. The first-order valence-electron chi connectivity index (χ1n) is 7.98. The lowest BCUT2D eigenvalue weighted by Gasteiger charge is -2.14. The van der Waals surface area contributed by atoms with E-state index in [0.717, 1.165) is 5.56 Å². The highest BCUT2D eigenvalue weighted by atomic mass is 32.2. The molecule has 0 aliphatic heterocycles. The number of aromatic nitrogens is 3. The van der Waals surface area contributed by atoms with Crippen molar-refractivity contribution in [2.45, 2.75) is 31.7 Å². The first-order chi connectivity index (χ1) is 12.4. The van der Waals surface area contributed by atoms with Crippen LogP contribution in [0.15, 0.2) is 51.9 Å². The SMILES string of the molecule is Cc1noc(C)c1S(=O)(=O)Nc1ccc(NC(C)c2ccccc2)nn1. The largest absolute Gasteiger partial charge is 0.362 e. The predicted octanol–water partition coefficient (Wildman–Crippen LogP) is 3.06. The van der Waals surface area contributed by atoms with E-state index in [1.165, 1.54) is 6.92 Å². The Labute approximate surface area is 151 Å². The molecule has 0 spiro atoms. The summed E-state index contributed by atoms with van der Waals surface area (Å²) < 4.78 is 32.2. The standard InChI is InChI=1S/C17H19N5O3S/c1-11(14-7-5-4-6-8-14)18-15-9-10-16(20-19-15)22-26(23,24)17-12(2)21-25-13(17)3/h4-11H,1-3H3,(H,18,19)(H,20,22).